The van der Waals surface area contributed by atoms with Gasteiger partial charge in [0.2, 0.25) is 0 Å². The number of urea groups is 1. The molecule has 0 spiro atoms. The highest BCUT2D eigenvalue weighted by atomic mass is 32.1. The fourth-order valence-electron chi connectivity index (χ4n) is 1.82. The Balaban J connectivity index is 2.37. The molecule has 1 heterocycles. The summed E-state index contributed by atoms with van der Waals surface area (Å²) in [5, 5.41) is 16.4. The number of carbonyl (C=O) groups excluding carboxylic acids is 1. The van der Waals surface area contributed by atoms with E-state index in [0.29, 0.717) is 17.6 Å². The highest BCUT2D eigenvalue weighted by molar-refractivity contribution is 7.13. The number of nitrogens with one attached hydrogen (secondary N) is 2. The zero-order valence-electron chi connectivity index (χ0n) is 11.0. The van der Waals surface area contributed by atoms with Crippen LogP contribution in [0.4, 0.5) is 9.93 Å². The van der Waals surface area contributed by atoms with Gasteiger partial charge in [0.05, 0.1) is 0 Å². The molecule has 0 aliphatic rings. The molecule has 1 aromatic heterocycles. The Morgan fingerprint density at radius 3 is 2.74 bits per heavy atom. The van der Waals surface area contributed by atoms with Crippen molar-refractivity contribution in [1.29, 1.82) is 0 Å². The maximum Gasteiger partial charge on any atom is 0.321 e. The minimum atomic E-state index is -0.840. The van der Waals surface area contributed by atoms with Gasteiger partial charge in [-0.3, -0.25) is 10.1 Å². The second kappa shape index (κ2) is 7.73. The number of aliphatic carboxylic acids is 1. The lowest BCUT2D eigenvalue weighted by molar-refractivity contribution is -0.138. The van der Waals surface area contributed by atoms with Gasteiger partial charge >= 0.3 is 12.0 Å². The molecular formula is C12H19N3O3S. The van der Waals surface area contributed by atoms with Crippen LogP contribution >= 0.6 is 11.3 Å². The number of nitrogens with zero attached hydrogens (tertiary/aromatic N) is 1. The molecule has 0 aliphatic heterocycles. The number of carboxylic acid groups (broad SMARTS) is 1. The molecule has 6 nitrogen and oxygen atoms in total. The van der Waals surface area contributed by atoms with Crippen molar-refractivity contribution in [2.45, 2.75) is 26.7 Å². The summed E-state index contributed by atoms with van der Waals surface area (Å²) in [7, 11) is 0. The lowest BCUT2D eigenvalue weighted by Gasteiger charge is -2.17. The summed E-state index contributed by atoms with van der Waals surface area (Å²) in [6.45, 7) is 4.41. The molecule has 1 aromatic rings. The molecule has 0 fully saturated rings. The van der Waals surface area contributed by atoms with Crippen LogP contribution in [0, 0.1) is 11.8 Å². The number of aromatic nitrogens is 1. The first-order valence-electron chi connectivity index (χ1n) is 6.13. The highest BCUT2D eigenvalue weighted by Crippen LogP contribution is 2.15. The first kappa shape index (κ1) is 15.4. The van der Waals surface area contributed by atoms with Gasteiger partial charge < -0.3 is 10.4 Å². The lowest BCUT2D eigenvalue weighted by atomic mass is 9.94. The molecule has 0 bridgehead atoms. The Kier molecular flexibility index (Phi) is 6.27. The Bertz CT molecular complexity index is 406. The maximum atomic E-state index is 11.6. The van der Waals surface area contributed by atoms with E-state index in [1.54, 1.807) is 11.6 Å². The number of rotatable bonds is 7. The van der Waals surface area contributed by atoms with Gasteiger partial charge in [-0.1, -0.05) is 13.8 Å². The molecule has 0 radical (unpaired) electrons. The quantitative estimate of drug-likeness (QED) is 0.717. The van der Waals surface area contributed by atoms with Crippen LogP contribution in [-0.2, 0) is 4.79 Å². The number of hydrogen-bond donors (Lipinski definition) is 3. The summed E-state index contributed by atoms with van der Waals surface area (Å²) in [6, 6.07) is -0.353. The van der Waals surface area contributed by atoms with Crippen LogP contribution in [0.15, 0.2) is 11.6 Å². The van der Waals surface area contributed by atoms with Gasteiger partial charge in [-0.25, -0.2) is 9.78 Å². The van der Waals surface area contributed by atoms with Gasteiger partial charge in [0.15, 0.2) is 5.13 Å². The molecule has 3 N–H and O–H groups in total. The third-order valence-electron chi connectivity index (χ3n) is 2.47. The van der Waals surface area contributed by atoms with Crippen LogP contribution < -0.4 is 10.6 Å². The van der Waals surface area contributed by atoms with Gasteiger partial charge in [-0.2, -0.15) is 0 Å². The van der Waals surface area contributed by atoms with E-state index in [1.807, 2.05) is 13.8 Å². The molecule has 106 valence electrons. The second-order valence-electron chi connectivity index (χ2n) is 4.77. The zero-order chi connectivity index (χ0) is 14.3. The summed E-state index contributed by atoms with van der Waals surface area (Å²) < 4.78 is 0. The van der Waals surface area contributed by atoms with Crippen molar-refractivity contribution >= 4 is 28.5 Å². The number of amides is 2. The van der Waals surface area contributed by atoms with E-state index in [2.05, 4.69) is 15.6 Å². The second-order valence-corrected chi connectivity index (χ2v) is 5.66. The van der Waals surface area contributed by atoms with Gasteiger partial charge in [0, 0.05) is 24.5 Å². The molecule has 1 rings (SSSR count). The van der Waals surface area contributed by atoms with E-state index < -0.39 is 5.97 Å². The topological polar surface area (TPSA) is 91.3 Å². The predicted molar refractivity (Wildman–Crippen MR) is 74.3 cm³/mol. The third-order valence-corrected chi connectivity index (χ3v) is 3.16. The van der Waals surface area contributed by atoms with Crippen LogP contribution in [0.1, 0.15) is 26.7 Å². The van der Waals surface area contributed by atoms with Crippen molar-refractivity contribution in [2.24, 2.45) is 11.8 Å². The minimum absolute atomic E-state index is 0.0560. The van der Waals surface area contributed by atoms with Crippen molar-refractivity contribution in [3.63, 3.8) is 0 Å². The van der Waals surface area contributed by atoms with E-state index in [9.17, 15) is 9.59 Å². The first-order chi connectivity index (χ1) is 8.97. The number of carbonyl (C=O) groups is 2. The molecule has 2 amide bonds. The van der Waals surface area contributed by atoms with Crippen molar-refractivity contribution in [3.05, 3.63) is 11.6 Å². The number of anilines is 1. The van der Waals surface area contributed by atoms with Crippen LogP contribution in [-0.4, -0.2) is 28.6 Å². The van der Waals surface area contributed by atoms with Crippen LogP contribution in [0.2, 0.25) is 0 Å². The molecule has 0 aliphatic carbocycles. The average Bonchev–Trinajstić information content (AvgIpc) is 2.77. The molecule has 0 saturated carbocycles. The van der Waals surface area contributed by atoms with Crippen LogP contribution in [0.3, 0.4) is 0 Å². The molecule has 0 aromatic carbocycles. The average molecular weight is 285 g/mol. The van der Waals surface area contributed by atoms with E-state index >= 15 is 0 Å². The Labute approximate surface area is 116 Å². The lowest BCUT2D eigenvalue weighted by Crippen LogP contribution is -2.34. The largest absolute Gasteiger partial charge is 0.481 e. The molecular weight excluding hydrogens is 266 g/mol. The van der Waals surface area contributed by atoms with Gasteiger partial charge in [0.1, 0.15) is 0 Å². The fourth-order valence-corrected chi connectivity index (χ4v) is 2.34. The predicted octanol–water partition coefficient (Wildman–Crippen LogP) is 2.40. The maximum absolute atomic E-state index is 11.6. The summed E-state index contributed by atoms with van der Waals surface area (Å²) in [5.41, 5.74) is 0. The van der Waals surface area contributed by atoms with Crippen molar-refractivity contribution in [1.82, 2.24) is 10.3 Å². The molecule has 1 atom stereocenters. The van der Waals surface area contributed by atoms with E-state index in [1.165, 1.54) is 11.3 Å². The van der Waals surface area contributed by atoms with Crippen molar-refractivity contribution in [2.75, 3.05) is 11.9 Å². The van der Waals surface area contributed by atoms with Crippen LogP contribution in [0.25, 0.3) is 0 Å². The first-order valence-corrected chi connectivity index (χ1v) is 7.01. The Morgan fingerprint density at radius 1 is 1.47 bits per heavy atom. The fraction of sp³-hybridized carbons (Fsp3) is 0.583. The van der Waals surface area contributed by atoms with Crippen molar-refractivity contribution < 1.29 is 14.7 Å². The highest BCUT2D eigenvalue weighted by Gasteiger charge is 2.16. The van der Waals surface area contributed by atoms with Crippen molar-refractivity contribution in [3.8, 4) is 0 Å². The number of hydrogen-bond acceptors (Lipinski definition) is 4. The number of carboxylic acids is 1. The smallest absolute Gasteiger partial charge is 0.321 e. The van der Waals surface area contributed by atoms with E-state index in [0.717, 1.165) is 6.42 Å². The minimum Gasteiger partial charge on any atom is -0.481 e. The Morgan fingerprint density at radius 2 is 2.21 bits per heavy atom. The normalized spacial score (nSPS) is 12.2. The SMILES string of the molecule is CC(C)C[C@H](CNC(=O)Nc1nccs1)CC(=O)O. The molecule has 0 saturated heterocycles. The van der Waals surface area contributed by atoms with Gasteiger partial charge in [0.25, 0.3) is 0 Å². The Hall–Kier alpha value is -1.63. The molecule has 19 heavy (non-hydrogen) atoms. The summed E-state index contributed by atoms with van der Waals surface area (Å²) in [4.78, 5) is 26.3. The third kappa shape index (κ3) is 6.76. The van der Waals surface area contributed by atoms with Gasteiger partial charge in [-0.05, 0) is 18.3 Å². The van der Waals surface area contributed by atoms with E-state index in [4.69, 9.17) is 5.11 Å². The van der Waals surface area contributed by atoms with Crippen LogP contribution in [0.5, 0.6) is 0 Å². The van der Waals surface area contributed by atoms with Gasteiger partial charge in [-0.15, -0.1) is 11.3 Å². The molecule has 7 heteroatoms. The number of thiazole rings is 1. The summed E-state index contributed by atoms with van der Waals surface area (Å²) in [5.74, 6) is -0.500. The molecule has 0 unspecified atom stereocenters. The summed E-state index contributed by atoms with van der Waals surface area (Å²) in [6.07, 6.45) is 2.44. The summed E-state index contributed by atoms with van der Waals surface area (Å²) >= 11 is 1.33. The standard InChI is InChI=1S/C12H19N3O3S/c1-8(2)5-9(6-10(16)17)7-14-11(18)15-12-13-3-4-19-12/h3-4,8-9H,5-7H2,1-2H3,(H,16,17)(H2,13,14,15,18)/t9-/m0/s1. The van der Waals surface area contributed by atoms with E-state index in [-0.39, 0.29) is 18.4 Å². The monoisotopic (exact) mass is 285 g/mol. The zero-order valence-corrected chi connectivity index (χ0v) is 11.9.